The van der Waals surface area contributed by atoms with Crippen LogP contribution in [0.3, 0.4) is 0 Å². The molecule has 0 bridgehead atoms. The molecule has 1 aromatic heterocycles. The molecule has 2 rings (SSSR count). The summed E-state index contributed by atoms with van der Waals surface area (Å²) < 4.78 is 11.1. The molecule has 1 aliphatic rings. The smallest absolute Gasteiger partial charge is 0.255 e. The average Bonchev–Trinajstić information content (AvgIpc) is 2.83. The fraction of sp³-hybridized carbons (Fsp3) is 0.857. The Morgan fingerprint density at radius 3 is 2.42 bits per heavy atom. The SMILES string of the molecule is CCOC1(c2noc([C@H](C)O)n2)CCC(C)(C)CC1. The second kappa shape index (κ2) is 5.21. The van der Waals surface area contributed by atoms with Gasteiger partial charge >= 0.3 is 0 Å². The fourth-order valence-corrected chi connectivity index (χ4v) is 2.63. The van der Waals surface area contributed by atoms with Crippen LogP contribution in [0.2, 0.25) is 0 Å². The van der Waals surface area contributed by atoms with Crippen LogP contribution < -0.4 is 0 Å². The Balaban J connectivity index is 2.24. The van der Waals surface area contributed by atoms with Crippen LogP contribution in [-0.2, 0) is 10.3 Å². The van der Waals surface area contributed by atoms with E-state index in [9.17, 15) is 5.11 Å². The molecule has 1 heterocycles. The van der Waals surface area contributed by atoms with Gasteiger partial charge in [-0.1, -0.05) is 19.0 Å². The monoisotopic (exact) mass is 268 g/mol. The summed E-state index contributed by atoms with van der Waals surface area (Å²) in [7, 11) is 0. The van der Waals surface area contributed by atoms with Crippen molar-refractivity contribution in [2.45, 2.75) is 65.1 Å². The lowest BCUT2D eigenvalue weighted by Crippen LogP contribution is -2.38. The molecule has 1 aromatic rings. The van der Waals surface area contributed by atoms with Gasteiger partial charge in [0, 0.05) is 6.61 Å². The van der Waals surface area contributed by atoms with E-state index in [1.165, 1.54) is 0 Å². The summed E-state index contributed by atoms with van der Waals surface area (Å²) >= 11 is 0. The third-order valence-corrected chi connectivity index (χ3v) is 4.04. The van der Waals surface area contributed by atoms with Gasteiger partial charge in [-0.2, -0.15) is 4.98 Å². The molecule has 1 aliphatic carbocycles. The Labute approximate surface area is 114 Å². The van der Waals surface area contributed by atoms with Crippen LogP contribution in [0.15, 0.2) is 4.52 Å². The number of rotatable bonds is 4. The minimum atomic E-state index is -0.736. The minimum absolute atomic E-state index is 0.263. The van der Waals surface area contributed by atoms with Gasteiger partial charge in [0.15, 0.2) is 0 Å². The highest BCUT2D eigenvalue weighted by Crippen LogP contribution is 2.46. The molecule has 1 saturated carbocycles. The van der Waals surface area contributed by atoms with Crippen LogP contribution in [-0.4, -0.2) is 21.9 Å². The van der Waals surface area contributed by atoms with Crippen LogP contribution in [0, 0.1) is 5.41 Å². The van der Waals surface area contributed by atoms with Gasteiger partial charge in [-0.05, 0) is 44.9 Å². The number of aliphatic hydroxyl groups is 1. The minimum Gasteiger partial charge on any atom is -0.384 e. The first-order valence-electron chi connectivity index (χ1n) is 7.05. The van der Waals surface area contributed by atoms with Crippen molar-refractivity contribution in [1.82, 2.24) is 10.1 Å². The van der Waals surface area contributed by atoms with Gasteiger partial charge in [0.2, 0.25) is 5.82 Å². The topological polar surface area (TPSA) is 68.4 Å². The van der Waals surface area contributed by atoms with Gasteiger partial charge in [-0.3, -0.25) is 0 Å². The number of ether oxygens (including phenoxy) is 1. The van der Waals surface area contributed by atoms with E-state index in [-0.39, 0.29) is 5.89 Å². The molecule has 0 aromatic carbocycles. The number of aromatic nitrogens is 2. The molecule has 0 aliphatic heterocycles. The van der Waals surface area contributed by atoms with E-state index in [1.54, 1.807) is 6.92 Å². The van der Waals surface area contributed by atoms with Gasteiger partial charge in [0.05, 0.1) is 0 Å². The molecule has 0 unspecified atom stereocenters. The molecule has 0 saturated heterocycles. The van der Waals surface area contributed by atoms with Crippen LogP contribution in [0.5, 0.6) is 0 Å². The zero-order valence-electron chi connectivity index (χ0n) is 12.3. The third-order valence-electron chi connectivity index (χ3n) is 4.04. The Bertz CT molecular complexity index is 416. The van der Waals surface area contributed by atoms with Gasteiger partial charge in [-0.15, -0.1) is 0 Å². The number of hydrogen-bond donors (Lipinski definition) is 1. The van der Waals surface area contributed by atoms with Crippen molar-refractivity contribution in [2.75, 3.05) is 6.61 Å². The highest BCUT2D eigenvalue weighted by Gasteiger charge is 2.43. The van der Waals surface area contributed by atoms with Crippen molar-refractivity contribution in [1.29, 1.82) is 0 Å². The van der Waals surface area contributed by atoms with Crippen molar-refractivity contribution in [3.05, 3.63) is 11.7 Å². The third kappa shape index (κ3) is 2.98. The van der Waals surface area contributed by atoms with Crippen molar-refractivity contribution < 1.29 is 14.4 Å². The lowest BCUT2D eigenvalue weighted by atomic mass is 9.70. The second-order valence-corrected chi connectivity index (χ2v) is 6.22. The van der Waals surface area contributed by atoms with E-state index in [2.05, 4.69) is 24.0 Å². The van der Waals surface area contributed by atoms with E-state index in [0.717, 1.165) is 25.7 Å². The summed E-state index contributed by atoms with van der Waals surface area (Å²) in [6.45, 7) is 8.78. The maximum atomic E-state index is 9.50. The summed E-state index contributed by atoms with van der Waals surface area (Å²) in [5, 5.41) is 13.5. The van der Waals surface area contributed by atoms with Crippen LogP contribution in [0.25, 0.3) is 0 Å². The summed E-state index contributed by atoms with van der Waals surface area (Å²) in [6.07, 6.45) is 3.20. The summed E-state index contributed by atoms with van der Waals surface area (Å²) in [4.78, 5) is 4.32. The molecular weight excluding hydrogens is 244 g/mol. The summed E-state index contributed by atoms with van der Waals surface area (Å²) in [5.41, 5.74) is -0.0989. The Hall–Kier alpha value is -0.940. The van der Waals surface area contributed by atoms with E-state index in [1.807, 2.05) is 6.92 Å². The molecule has 0 amide bonds. The first kappa shape index (κ1) is 14.5. The predicted octanol–water partition coefficient (Wildman–Crippen LogP) is 2.95. The highest BCUT2D eigenvalue weighted by molar-refractivity contribution is 5.05. The maximum Gasteiger partial charge on any atom is 0.255 e. The zero-order valence-corrected chi connectivity index (χ0v) is 12.3. The first-order valence-corrected chi connectivity index (χ1v) is 7.05. The molecule has 5 heteroatoms. The molecule has 5 nitrogen and oxygen atoms in total. The van der Waals surface area contributed by atoms with Crippen LogP contribution >= 0.6 is 0 Å². The van der Waals surface area contributed by atoms with Gasteiger partial charge in [-0.25, -0.2) is 0 Å². The molecule has 0 radical (unpaired) electrons. The van der Waals surface area contributed by atoms with Crippen molar-refractivity contribution in [3.8, 4) is 0 Å². The molecule has 1 fully saturated rings. The molecule has 19 heavy (non-hydrogen) atoms. The van der Waals surface area contributed by atoms with Gasteiger partial charge in [0.1, 0.15) is 11.7 Å². The summed E-state index contributed by atoms with van der Waals surface area (Å²) in [6, 6.07) is 0. The fourth-order valence-electron chi connectivity index (χ4n) is 2.63. The van der Waals surface area contributed by atoms with E-state index in [0.29, 0.717) is 17.8 Å². The Kier molecular flexibility index (Phi) is 3.97. The van der Waals surface area contributed by atoms with E-state index in [4.69, 9.17) is 9.26 Å². The standard InChI is InChI=1S/C14H24N2O3/c1-5-18-14(8-6-13(3,4)7-9-14)12-15-11(10(2)17)19-16-12/h10,17H,5-9H2,1-4H3/t10-/m0/s1. The van der Waals surface area contributed by atoms with Crippen LogP contribution in [0.1, 0.15) is 71.2 Å². The number of aliphatic hydroxyl groups excluding tert-OH is 1. The van der Waals surface area contributed by atoms with Crippen molar-refractivity contribution >= 4 is 0 Å². The van der Waals surface area contributed by atoms with Crippen molar-refractivity contribution in [3.63, 3.8) is 0 Å². The largest absolute Gasteiger partial charge is 0.384 e. The zero-order chi connectivity index (χ0) is 14.1. The molecule has 108 valence electrons. The number of nitrogens with zero attached hydrogens (tertiary/aromatic N) is 2. The van der Waals surface area contributed by atoms with E-state index < -0.39 is 11.7 Å². The molecule has 1 atom stereocenters. The molecule has 0 spiro atoms. The van der Waals surface area contributed by atoms with E-state index >= 15 is 0 Å². The van der Waals surface area contributed by atoms with Gasteiger partial charge < -0.3 is 14.4 Å². The molecule has 1 N–H and O–H groups in total. The lowest BCUT2D eigenvalue weighted by Gasteiger charge is -2.41. The lowest BCUT2D eigenvalue weighted by molar-refractivity contribution is -0.0957. The quantitative estimate of drug-likeness (QED) is 0.909. The highest BCUT2D eigenvalue weighted by atomic mass is 16.5. The maximum absolute atomic E-state index is 9.50. The molecular formula is C14H24N2O3. The van der Waals surface area contributed by atoms with Crippen molar-refractivity contribution in [2.24, 2.45) is 5.41 Å². The first-order chi connectivity index (χ1) is 8.88. The second-order valence-electron chi connectivity index (χ2n) is 6.22. The van der Waals surface area contributed by atoms with Gasteiger partial charge in [0.25, 0.3) is 5.89 Å². The Morgan fingerprint density at radius 1 is 1.32 bits per heavy atom. The predicted molar refractivity (Wildman–Crippen MR) is 70.5 cm³/mol. The normalized spacial score (nSPS) is 23.2. The Morgan fingerprint density at radius 2 is 1.95 bits per heavy atom. The average molecular weight is 268 g/mol. The summed E-state index contributed by atoms with van der Waals surface area (Å²) in [5.74, 6) is 0.847. The van der Waals surface area contributed by atoms with Crippen LogP contribution in [0.4, 0.5) is 0 Å². The number of hydrogen-bond acceptors (Lipinski definition) is 5.